The summed E-state index contributed by atoms with van der Waals surface area (Å²) in [6.45, 7) is 0.620. The molecule has 106 valence electrons. The van der Waals surface area contributed by atoms with E-state index in [1.54, 1.807) is 36.4 Å². The average molecular weight is 301 g/mol. The Morgan fingerprint density at radius 3 is 2.76 bits per heavy atom. The van der Waals surface area contributed by atoms with E-state index in [-0.39, 0.29) is 5.56 Å². The molecule has 0 radical (unpaired) electrons. The van der Waals surface area contributed by atoms with E-state index in [2.05, 4.69) is 5.32 Å². The maximum Gasteiger partial charge on any atom is 0.335 e. The number of aromatic carboxylic acids is 1. The Bertz CT molecular complexity index is 708. The highest BCUT2D eigenvalue weighted by Gasteiger charge is 2.04. The fourth-order valence-corrected chi connectivity index (χ4v) is 2.18. The van der Waals surface area contributed by atoms with Gasteiger partial charge in [-0.05, 0) is 42.3 Å². The highest BCUT2D eigenvalue weighted by atomic mass is 35.5. The lowest BCUT2D eigenvalue weighted by atomic mass is 10.1. The van der Waals surface area contributed by atoms with E-state index in [4.69, 9.17) is 22.0 Å². The first-order valence-corrected chi connectivity index (χ1v) is 6.73. The predicted octanol–water partition coefficient (Wildman–Crippen LogP) is 3.56. The van der Waals surface area contributed by atoms with Crippen molar-refractivity contribution in [1.29, 1.82) is 5.26 Å². The number of hydrogen-bond acceptors (Lipinski definition) is 3. The molecule has 0 saturated carbocycles. The number of halogens is 1. The summed E-state index contributed by atoms with van der Waals surface area (Å²) >= 11 is 6.07. The van der Waals surface area contributed by atoms with E-state index in [0.717, 1.165) is 11.3 Å². The molecule has 2 N–H and O–H groups in total. The number of carboxylic acids is 1. The number of nitriles is 1. The van der Waals surface area contributed by atoms with Crippen LogP contribution in [0.25, 0.3) is 0 Å². The molecule has 0 fully saturated rings. The summed E-state index contributed by atoms with van der Waals surface area (Å²) in [5.74, 6) is -0.931. The van der Waals surface area contributed by atoms with Crippen LogP contribution in [0.2, 0.25) is 5.02 Å². The average Bonchev–Trinajstić information content (AvgIpc) is 2.49. The molecule has 2 aromatic rings. The molecule has 0 saturated heterocycles. The summed E-state index contributed by atoms with van der Waals surface area (Å²) in [6.07, 6.45) is 0.678. The second-order valence-electron chi connectivity index (χ2n) is 4.49. The minimum absolute atomic E-state index is 0.281. The molecule has 0 atom stereocenters. The quantitative estimate of drug-likeness (QED) is 0.885. The normalized spacial score (nSPS) is 9.90. The standard InChI is InChI=1S/C16H13ClN2O2/c17-14-9-12(10-18)4-5-15(14)19-7-6-11-2-1-3-13(8-11)16(20)21/h1-5,8-9,19H,6-7H2,(H,20,21). The molecular formula is C16H13ClN2O2. The molecule has 0 aliphatic carbocycles. The first-order chi connectivity index (χ1) is 10.1. The Morgan fingerprint density at radius 1 is 1.29 bits per heavy atom. The number of benzene rings is 2. The molecule has 0 bridgehead atoms. The molecule has 5 heteroatoms. The van der Waals surface area contributed by atoms with Gasteiger partial charge in [0.2, 0.25) is 0 Å². The Balaban J connectivity index is 1.97. The van der Waals surface area contributed by atoms with Gasteiger partial charge in [-0.3, -0.25) is 0 Å². The Morgan fingerprint density at radius 2 is 2.10 bits per heavy atom. The second-order valence-corrected chi connectivity index (χ2v) is 4.90. The van der Waals surface area contributed by atoms with Crippen molar-refractivity contribution in [3.05, 3.63) is 64.2 Å². The van der Waals surface area contributed by atoms with Gasteiger partial charge in [0, 0.05) is 6.54 Å². The summed E-state index contributed by atoms with van der Waals surface area (Å²) in [5, 5.41) is 21.4. The fourth-order valence-electron chi connectivity index (χ4n) is 1.93. The van der Waals surface area contributed by atoms with Gasteiger partial charge in [0.1, 0.15) is 0 Å². The van der Waals surface area contributed by atoms with Crippen molar-refractivity contribution in [2.75, 3.05) is 11.9 Å². The Labute approximate surface area is 127 Å². The van der Waals surface area contributed by atoms with Crippen LogP contribution in [0.3, 0.4) is 0 Å². The molecule has 2 rings (SSSR count). The van der Waals surface area contributed by atoms with Crippen LogP contribution in [-0.4, -0.2) is 17.6 Å². The maximum atomic E-state index is 10.9. The zero-order chi connectivity index (χ0) is 15.2. The molecule has 21 heavy (non-hydrogen) atoms. The van der Waals surface area contributed by atoms with Crippen molar-refractivity contribution in [1.82, 2.24) is 0 Å². The van der Waals surface area contributed by atoms with E-state index in [9.17, 15) is 4.79 Å². The van der Waals surface area contributed by atoms with Crippen LogP contribution < -0.4 is 5.32 Å². The number of rotatable bonds is 5. The molecule has 0 aliphatic heterocycles. The third-order valence-electron chi connectivity index (χ3n) is 3.00. The van der Waals surface area contributed by atoms with Gasteiger partial charge in [-0.15, -0.1) is 0 Å². The van der Waals surface area contributed by atoms with Crippen LogP contribution in [0, 0.1) is 11.3 Å². The number of anilines is 1. The number of hydrogen-bond donors (Lipinski definition) is 2. The first-order valence-electron chi connectivity index (χ1n) is 6.36. The van der Waals surface area contributed by atoms with Crippen molar-refractivity contribution in [3.63, 3.8) is 0 Å². The lowest BCUT2D eigenvalue weighted by Gasteiger charge is -2.09. The van der Waals surface area contributed by atoms with E-state index < -0.39 is 5.97 Å². The number of carboxylic acid groups (broad SMARTS) is 1. The number of nitrogens with zero attached hydrogens (tertiary/aromatic N) is 1. The van der Waals surface area contributed by atoms with Gasteiger partial charge in [-0.1, -0.05) is 23.7 Å². The lowest BCUT2D eigenvalue weighted by molar-refractivity contribution is 0.0697. The van der Waals surface area contributed by atoms with Crippen molar-refractivity contribution in [2.24, 2.45) is 0 Å². The van der Waals surface area contributed by atoms with E-state index in [1.807, 2.05) is 12.1 Å². The fraction of sp³-hybridized carbons (Fsp3) is 0.125. The largest absolute Gasteiger partial charge is 0.478 e. The topological polar surface area (TPSA) is 73.1 Å². The summed E-state index contributed by atoms with van der Waals surface area (Å²) in [4.78, 5) is 10.9. The summed E-state index contributed by atoms with van der Waals surface area (Å²) < 4.78 is 0. The maximum absolute atomic E-state index is 10.9. The van der Waals surface area contributed by atoms with Gasteiger partial charge in [0.25, 0.3) is 0 Å². The molecule has 2 aromatic carbocycles. The van der Waals surface area contributed by atoms with Crippen LogP contribution >= 0.6 is 11.6 Å². The number of nitrogens with one attached hydrogen (secondary N) is 1. The summed E-state index contributed by atoms with van der Waals surface area (Å²) in [7, 11) is 0. The predicted molar refractivity (Wildman–Crippen MR) is 81.8 cm³/mol. The lowest BCUT2D eigenvalue weighted by Crippen LogP contribution is -2.06. The first kappa shape index (κ1) is 14.9. The van der Waals surface area contributed by atoms with Gasteiger partial charge in [-0.25, -0.2) is 4.79 Å². The van der Waals surface area contributed by atoms with Gasteiger partial charge in [-0.2, -0.15) is 5.26 Å². The summed E-state index contributed by atoms with van der Waals surface area (Å²) in [5.41, 5.74) is 2.49. The minimum Gasteiger partial charge on any atom is -0.478 e. The van der Waals surface area contributed by atoms with E-state index >= 15 is 0 Å². The van der Waals surface area contributed by atoms with Crippen molar-refractivity contribution in [3.8, 4) is 6.07 Å². The summed E-state index contributed by atoms with van der Waals surface area (Å²) in [6, 6.07) is 13.9. The van der Waals surface area contributed by atoms with Crippen molar-refractivity contribution < 1.29 is 9.90 Å². The van der Waals surface area contributed by atoms with Crippen LogP contribution in [0.5, 0.6) is 0 Å². The zero-order valence-corrected chi connectivity index (χ0v) is 11.9. The molecule has 0 unspecified atom stereocenters. The molecule has 0 amide bonds. The van der Waals surface area contributed by atoms with E-state index in [0.29, 0.717) is 23.6 Å². The minimum atomic E-state index is -0.931. The van der Waals surface area contributed by atoms with Gasteiger partial charge in [0.15, 0.2) is 0 Å². The third-order valence-corrected chi connectivity index (χ3v) is 3.31. The van der Waals surface area contributed by atoms with Crippen LogP contribution in [-0.2, 0) is 6.42 Å². The van der Waals surface area contributed by atoms with Crippen LogP contribution in [0.1, 0.15) is 21.5 Å². The smallest absolute Gasteiger partial charge is 0.335 e. The van der Waals surface area contributed by atoms with Crippen molar-refractivity contribution >= 4 is 23.3 Å². The molecule has 0 aliphatic rings. The van der Waals surface area contributed by atoms with Crippen LogP contribution in [0.4, 0.5) is 5.69 Å². The third kappa shape index (κ3) is 3.98. The van der Waals surface area contributed by atoms with Crippen LogP contribution in [0.15, 0.2) is 42.5 Å². The van der Waals surface area contributed by atoms with E-state index in [1.165, 1.54) is 0 Å². The van der Waals surface area contributed by atoms with Gasteiger partial charge < -0.3 is 10.4 Å². The highest BCUT2D eigenvalue weighted by Crippen LogP contribution is 2.22. The number of carbonyl (C=O) groups is 1. The second kappa shape index (κ2) is 6.78. The molecule has 0 heterocycles. The monoisotopic (exact) mass is 300 g/mol. The SMILES string of the molecule is N#Cc1ccc(NCCc2cccc(C(=O)O)c2)c(Cl)c1. The van der Waals surface area contributed by atoms with Crippen molar-refractivity contribution in [2.45, 2.75) is 6.42 Å². The highest BCUT2D eigenvalue weighted by molar-refractivity contribution is 6.33. The molecule has 0 aromatic heterocycles. The Kier molecular flexibility index (Phi) is 4.81. The molecule has 0 spiro atoms. The molecule has 4 nitrogen and oxygen atoms in total. The molecular weight excluding hydrogens is 288 g/mol. The van der Waals surface area contributed by atoms with Gasteiger partial charge in [0.05, 0.1) is 27.9 Å². The van der Waals surface area contributed by atoms with Gasteiger partial charge >= 0.3 is 5.97 Å². The Hall–Kier alpha value is -2.51. The zero-order valence-electron chi connectivity index (χ0n) is 11.1.